The van der Waals surface area contributed by atoms with Crippen LogP contribution < -0.4 is 10.6 Å². The van der Waals surface area contributed by atoms with Crippen LogP contribution in [0.1, 0.15) is 19.5 Å². The van der Waals surface area contributed by atoms with Gasteiger partial charge in [-0.1, -0.05) is 37.6 Å². The van der Waals surface area contributed by atoms with Crippen molar-refractivity contribution in [3.8, 4) is 11.3 Å². The SMILES string of the molecule is CC(C)(CNc1cc(-c2cccc(Cl)c2F)[nH]n1)C(=O)[C@H](Cc1ccccn1)NC(=O)O. The summed E-state index contributed by atoms with van der Waals surface area (Å²) in [5, 5.41) is 21.4. The Bertz CT molecular complexity index is 1100. The van der Waals surface area contributed by atoms with Crippen molar-refractivity contribution in [3.05, 3.63) is 65.2 Å². The van der Waals surface area contributed by atoms with Crippen LogP contribution in [-0.2, 0) is 11.2 Å². The summed E-state index contributed by atoms with van der Waals surface area (Å²) < 4.78 is 14.2. The van der Waals surface area contributed by atoms with Crippen LogP contribution >= 0.6 is 11.6 Å². The van der Waals surface area contributed by atoms with Crippen LogP contribution in [0.15, 0.2) is 48.7 Å². The topological polar surface area (TPSA) is 120 Å². The van der Waals surface area contributed by atoms with Crippen molar-refractivity contribution in [1.29, 1.82) is 0 Å². The number of hydrogen-bond donors (Lipinski definition) is 4. The fourth-order valence-electron chi connectivity index (χ4n) is 3.22. The Labute approximate surface area is 189 Å². The maximum atomic E-state index is 14.2. The molecule has 8 nitrogen and oxygen atoms in total. The Hall–Kier alpha value is -3.46. The number of nitrogens with zero attached hydrogens (tertiary/aromatic N) is 2. The molecular formula is C22H23ClFN5O3. The van der Waals surface area contributed by atoms with Crippen LogP contribution in [-0.4, -0.2) is 44.8 Å². The molecule has 10 heteroatoms. The standard InChI is InChI=1S/C22H23ClFN5O3/c1-22(2,20(30)17(27-21(31)32)10-13-6-3-4-9-25-13)12-26-18-11-16(28-29-18)14-7-5-8-15(23)19(14)24/h3-9,11,17,27H,10,12H2,1-2H3,(H,31,32)(H2,26,28,29)/t17-/m0/s1. The number of hydrogen-bond acceptors (Lipinski definition) is 5. The predicted molar refractivity (Wildman–Crippen MR) is 119 cm³/mol. The molecule has 4 N–H and O–H groups in total. The van der Waals surface area contributed by atoms with Crippen LogP contribution in [0.25, 0.3) is 11.3 Å². The lowest BCUT2D eigenvalue weighted by Gasteiger charge is -2.28. The molecule has 0 spiro atoms. The van der Waals surface area contributed by atoms with Crippen molar-refractivity contribution < 1.29 is 19.1 Å². The number of carboxylic acid groups (broad SMARTS) is 1. The van der Waals surface area contributed by atoms with E-state index < -0.39 is 23.4 Å². The fourth-order valence-corrected chi connectivity index (χ4v) is 3.39. The highest BCUT2D eigenvalue weighted by Gasteiger charge is 2.35. The van der Waals surface area contributed by atoms with Gasteiger partial charge in [-0.05, 0) is 24.3 Å². The van der Waals surface area contributed by atoms with Gasteiger partial charge in [-0.2, -0.15) is 5.10 Å². The molecule has 0 saturated heterocycles. The Morgan fingerprint density at radius 2 is 2.03 bits per heavy atom. The highest BCUT2D eigenvalue weighted by atomic mass is 35.5. The molecule has 3 rings (SSSR count). The predicted octanol–water partition coefficient (Wildman–Crippen LogP) is 4.15. The number of carbonyl (C=O) groups excluding carboxylic acids is 1. The van der Waals surface area contributed by atoms with Gasteiger partial charge in [0.05, 0.1) is 16.8 Å². The molecule has 0 unspecified atom stereocenters. The van der Waals surface area contributed by atoms with Gasteiger partial charge in [-0.25, -0.2) is 9.18 Å². The molecule has 2 heterocycles. The normalized spacial score (nSPS) is 12.2. The molecule has 0 aliphatic carbocycles. The van der Waals surface area contributed by atoms with Crippen molar-refractivity contribution >= 4 is 29.3 Å². The summed E-state index contributed by atoms with van der Waals surface area (Å²) in [5.74, 6) is -0.445. The number of aromatic amines is 1. The van der Waals surface area contributed by atoms with Gasteiger partial charge in [-0.15, -0.1) is 0 Å². The average Bonchev–Trinajstić information content (AvgIpc) is 3.22. The molecule has 0 saturated carbocycles. The molecule has 0 fully saturated rings. The molecule has 1 amide bonds. The number of rotatable bonds is 9. The van der Waals surface area contributed by atoms with Crippen LogP contribution in [0.2, 0.25) is 5.02 Å². The van der Waals surface area contributed by atoms with Gasteiger partial charge in [0.25, 0.3) is 0 Å². The van der Waals surface area contributed by atoms with Crippen LogP contribution in [0.3, 0.4) is 0 Å². The Balaban J connectivity index is 1.70. The second-order valence-corrected chi connectivity index (χ2v) is 8.30. The summed E-state index contributed by atoms with van der Waals surface area (Å²) >= 11 is 5.84. The van der Waals surface area contributed by atoms with Gasteiger partial charge in [0.1, 0.15) is 5.82 Å². The van der Waals surface area contributed by atoms with Crippen LogP contribution in [0.5, 0.6) is 0 Å². The molecule has 1 aromatic carbocycles. The number of anilines is 1. The lowest BCUT2D eigenvalue weighted by atomic mass is 9.82. The molecule has 1 atom stereocenters. The molecule has 2 aromatic heterocycles. The molecular weight excluding hydrogens is 437 g/mol. The molecule has 0 radical (unpaired) electrons. The van der Waals surface area contributed by atoms with E-state index in [0.29, 0.717) is 17.2 Å². The first-order valence-corrected chi connectivity index (χ1v) is 10.2. The first kappa shape index (κ1) is 23.2. The second kappa shape index (κ2) is 9.78. The highest BCUT2D eigenvalue weighted by molar-refractivity contribution is 6.31. The van der Waals surface area contributed by atoms with E-state index in [4.69, 9.17) is 11.6 Å². The van der Waals surface area contributed by atoms with Crippen molar-refractivity contribution in [2.24, 2.45) is 5.41 Å². The number of Topliss-reactive ketones (excluding diaryl/α,β-unsaturated/α-hetero) is 1. The first-order valence-electron chi connectivity index (χ1n) is 9.85. The highest BCUT2D eigenvalue weighted by Crippen LogP contribution is 2.28. The minimum Gasteiger partial charge on any atom is -0.465 e. The van der Waals surface area contributed by atoms with Gasteiger partial charge in [0.15, 0.2) is 11.6 Å². The van der Waals surface area contributed by atoms with E-state index in [1.807, 2.05) is 0 Å². The second-order valence-electron chi connectivity index (χ2n) is 7.90. The first-order chi connectivity index (χ1) is 15.2. The molecule has 0 aliphatic heterocycles. The number of aromatic nitrogens is 3. The lowest BCUT2D eigenvalue weighted by molar-refractivity contribution is -0.128. The maximum Gasteiger partial charge on any atom is 0.405 e. The zero-order chi connectivity index (χ0) is 23.3. The number of carbonyl (C=O) groups is 2. The number of pyridine rings is 1. The zero-order valence-electron chi connectivity index (χ0n) is 17.5. The Morgan fingerprint density at radius 1 is 1.25 bits per heavy atom. The van der Waals surface area contributed by atoms with Crippen molar-refractivity contribution in [3.63, 3.8) is 0 Å². The third-order valence-corrected chi connectivity index (χ3v) is 5.24. The van der Waals surface area contributed by atoms with Gasteiger partial charge < -0.3 is 15.7 Å². The van der Waals surface area contributed by atoms with E-state index in [-0.39, 0.29) is 29.3 Å². The van der Waals surface area contributed by atoms with E-state index in [1.165, 1.54) is 6.07 Å². The Kier molecular flexibility index (Phi) is 7.09. The number of nitrogens with one attached hydrogen (secondary N) is 3. The monoisotopic (exact) mass is 459 g/mol. The van der Waals surface area contributed by atoms with Crippen molar-refractivity contribution in [2.75, 3.05) is 11.9 Å². The minimum absolute atomic E-state index is 0.00298. The quantitative estimate of drug-likeness (QED) is 0.381. The Morgan fingerprint density at radius 3 is 2.72 bits per heavy atom. The smallest absolute Gasteiger partial charge is 0.405 e. The van der Waals surface area contributed by atoms with Gasteiger partial charge >= 0.3 is 6.09 Å². The number of H-pyrrole nitrogens is 1. The number of amides is 1. The molecule has 32 heavy (non-hydrogen) atoms. The molecule has 3 aromatic rings. The summed E-state index contributed by atoms with van der Waals surface area (Å²) in [6.07, 6.45) is 0.432. The summed E-state index contributed by atoms with van der Waals surface area (Å²) in [4.78, 5) is 28.6. The number of benzene rings is 1. The van der Waals surface area contributed by atoms with E-state index in [0.717, 1.165) is 0 Å². The maximum absolute atomic E-state index is 14.2. The van der Waals surface area contributed by atoms with Gasteiger partial charge in [-0.3, -0.25) is 14.9 Å². The summed E-state index contributed by atoms with van der Waals surface area (Å²) in [6, 6.07) is 10.6. The van der Waals surface area contributed by atoms with E-state index >= 15 is 0 Å². The van der Waals surface area contributed by atoms with Crippen molar-refractivity contribution in [1.82, 2.24) is 20.5 Å². The molecule has 0 bridgehead atoms. The molecule has 0 aliphatic rings. The third kappa shape index (κ3) is 5.61. The van der Waals surface area contributed by atoms with Crippen LogP contribution in [0, 0.1) is 11.2 Å². The van der Waals surface area contributed by atoms with Gasteiger partial charge in [0.2, 0.25) is 0 Å². The van der Waals surface area contributed by atoms with E-state index in [9.17, 15) is 19.1 Å². The summed E-state index contributed by atoms with van der Waals surface area (Å²) in [5.41, 5.74) is 0.359. The average molecular weight is 460 g/mol. The van der Waals surface area contributed by atoms with E-state index in [1.54, 1.807) is 56.4 Å². The zero-order valence-corrected chi connectivity index (χ0v) is 18.3. The summed E-state index contributed by atoms with van der Waals surface area (Å²) in [6.45, 7) is 3.59. The van der Waals surface area contributed by atoms with Crippen LogP contribution in [0.4, 0.5) is 15.0 Å². The number of halogens is 2. The third-order valence-electron chi connectivity index (χ3n) is 4.95. The minimum atomic E-state index is -1.29. The largest absolute Gasteiger partial charge is 0.465 e. The van der Waals surface area contributed by atoms with Gasteiger partial charge in [0, 0.05) is 41.9 Å². The summed E-state index contributed by atoms with van der Waals surface area (Å²) in [7, 11) is 0. The lowest BCUT2D eigenvalue weighted by Crippen LogP contribution is -2.49. The molecule has 168 valence electrons. The van der Waals surface area contributed by atoms with Crippen molar-refractivity contribution in [2.45, 2.75) is 26.3 Å². The number of ketones is 1. The van der Waals surface area contributed by atoms with E-state index in [2.05, 4.69) is 25.8 Å². The fraction of sp³-hybridized carbons (Fsp3) is 0.273.